The van der Waals surface area contributed by atoms with Gasteiger partial charge < -0.3 is 5.32 Å². The number of hydrogen-bond donors (Lipinski definition) is 1. The molecule has 0 aliphatic carbocycles. The lowest BCUT2D eigenvalue weighted by molar-refractivity contribution is -0.112. The molecule has 0 amide bonds. The number of benzene rings is 1. The molecule has 90 valence electrons. The molecule has 0 aromatic heterocycles. The molecule has 0 bridgehead atoms. The van der Waals surface area contributed by atoms with Crippen molar-refractivity contribution in [3.05, 3.63) is 54.8 Å². The van der Waals surface area contributed by atoms with E-state index in [2.05, 4.69) is 11.9 Å². The van der Waals surface area contributed by atoms with E-state index in [1.54, 1.807) is 18.2 Å². The second-order valence-corrected chi connectivity index (χ2v) is 3.15. The highest BCUT2D eigenvalue weighted by atomic mass is 19.4. The summed E-state index contributed by atoms with van der Waals surface area (Å²) in [6.07, 6.45) is -3.33. The lowest BCUT2D eigenvalue weighted by Gasteiger charge is -2.13. The van der Waals surface area contributed by atoms with Crippen molar-refractivity contribution in [2.45, 2.75) is 6.18 Å². The highest BCUT2D eigenvalue weighted by molar-refractivity contribution is 5.99. The summed E-state index contributed by atoms with van der Waals surface area (Å²) in [5, 5.41) is 2.15. The molecule has 0 saturated carbocycles. The largest absolute Gasteiger partial charge is 0.431 e. The van der Waals surface area contributed by atoms with E-state index >= 15 is 0 Å². The first-order valence-electron chi connectivity index (χ1n) is 4.71. The van der Waals surface area contributed by atoms with Crippen molar-refractivity contribution < 1.29 is 18.0 Å². The number of hydrogen-bond acceptors (Lipinski definition) is 2. The van der Waals surface area contributed by atoms with Gasteiger partial charge in [-0.3, -0.25) is 4.79 Å². The van der Waals surface area contributed by atoms with E-state index in [1.165, 1.54) is 12.1 Å². The molecule has 0 heterocycles. The van der Waals surface area contributed by atoms with E-state index in [1.807, 2.05) is 0 Å². The Hall–Kier alpha value is -2.04. The molecule has 1 rings (SSSR count). The predicted molar refractivity (Wildman–Crippen MR) is 59.4 cm³/mol. The fourth-order valence-electron chi connectivity index (χ4n) is 1.07. The van der Waals surface area contributed by atoms with Gasteiger partial charge in [-0.1, -0.05) is 24.8 Å². The molecule has 1 aromatic carbocycles. The first-order valence-corrected chi connectivity index (χ1v) is 4.71. The van der Waals surface area contributed by atoms with Crippen molar-refractivity contribution in [1.29, 1.82) is 0 Å². The summed E-state index contributed by atoms with van der Waals surface area (Å²) in [4.78, 5) is 10.9. The number of rotatable bonds is 4. The molecule has 0 spiro atoms. The Morgan fingerprint density at radius 2 is 1.82 bits per heavy atom. The highest BCUT2D eigenvalue weighted by Gasteiger charge is 2.34. The molecule has 17 heavy (non-hydrogen) atoms. The summed E-state index contributed by atoms with van der Waals surface area (Å²) in [5.41, 5.74) is -0.860. The number of anilines is 1. The summed E-state index contributed by atoms with van der Waals surface area (Å²) in [5.74, 6) is -0.805. The molecular formula is C12H10F3NO. The van der Waals surface area contributed by atoms with E-state index in [0.29, 0.717) is 6.08 Å². The normalized spacial score (nSPS) is 12.1. The van der Waals surface area contributed by atoms with E-state index in [4.69, 9.17) is 0 Å². The van der Waals surface area contributed by atoms with Gasteiger partial charge in [0.2, 0.25) is 0 Å². The summed E-state index contributed by atoms with van der Waals surface area (Å²) in [6, 6.07) is 7.80. The van der Waals surface area contributed by atoms with E-state index < -0.39 is 17.7 Å². The third kappa shape index (κ3) is 4.14. The molecule has 5 heteroatoms. The average molecular weight is 241 g/mol. The maximum absolute atomic E-state index is 12.6. The van der Waals surface area contributed by atoms with Crippen LogP contribution < -0.4 is 5.32 Å². The number of para-hydroxylation sites is 1. The van der Waals surface area contributed by atoms with Gasteiger partial charge in [0.1, 0.15) is 5.70 Å². The third-order valence-corrected chi connectivity index (χ3v) is 1.85. The Kier molecular flexibility index (Phi) is 4.09. The van der Waals surface area contributed by atoms with Crippen LogP contribution in [0.1, 0.15) is 0 Å². The molecule has 0 aliphatic heterocycles. The van der Waals surface area contributed by atoms with Gasteiger partial charge in [0.05, 0.1) is 0 Å². The smallest absolute Gasteiger partial charge is 0.351 e. The quantitative estimate of drug-likeness (QED) is 0.819. The standard InChI is InChI=1S/C12H10F3NO/c1-2-10(17)8-11(12(13,14)15)16-9-6-4-3-5-7-9/h2-8,16H,1H2/b11-8+. The van der Waals surface area contributed by atoms with E-state index in [0.717, 1.165) is 6.08 Å². The van der Waals surface area contributed by atoms with E-state index in [-0.39, 0.29) is 5.69 Å². The minimum Gasteiger partial charge on any atom is -0.351 e. The van der Waals surface area contributed by atoms with Gasteiger partial charge in [0, 0.05) is 11.8 Å². The number of allylic oxidation sites excluding steroid dienone is 3. The van der Waals surface area contributed by atoms with Crippen molar-refractivity contribution in [3.8, 4) is 0 Å². The molecule has 1 aromatic rings. The molecule has 0 saturated heterocycles. The average Bonchev–Trinajstić information content (AvgIpc) is 2.28. The first-order chi connectivity index (χ1) is 7.93. The molecule has 0 atom stereocenters. The molecule has 0 radical (unpaired) electrons. The number of ketones is 1. The molecule has 0 unspecified atom stereocenters. The van der Waals surface area contributed by atoms with Crippen LogP contribution in [-0.2, 0) is 4.79 Å². The zero-order chi connectivity index (χ0) is 12.9. The Bertz CT molecular complexity index is 435. The zero-order valence-corrected chi connectivity index (χ0v) is 8.79. The summed E-state index contributed by atoms with van der Waals surface area (Å²) in [6.45, 7) is 3.11. The van der Waals surface area contributed by atoms with Crippen molar-refractivity contribution >= 4 is 11.5 Å². The molecule has 2 nitrogen and oxygen atoms in total. The molecule has 0 fully saturated rings. The Morgan fingerprint density at radius 3 is 2.29 bits per heavy atom. The number of carbonyl (C=O) groups excluding carboxylic acids is 1. The fourth-order valence-corrected chi connectivity index (χ4v) is 1.07. The number of carbonyl (C=O) groups is 1. The zero-order valence-electron chi connectivity index (χ0n) is 8.79. The highest BCUT2D eigenvalue weighted by Crippen LogP contribution is 2.26. The summed E-state index contributed by atoms with van der Waals surface area (Å²) < 4.78 is 37.8. The van der Waals surface area contributed by atoms with Crippen LogP contribution in [0.15, 0.2) is 54.8 Å². The van der Waals surface area contributed by atoms with Gasteiger partial charge in [-0.05, 0) is 18.2 Å². The SMILES string of the molecule is C=CC(=O)/C=C(/Nc1ccccc1)C(F)(F)F. The fraction of sp³-hybridized carbons (Fsp3) is 0.0833. The summed E-state index contributed by atoms with van der Waals surface area (Å²) in [7, 11) is 0. The van der Waals surface area contributed by atoms with Crippen LogP contribution in [0.3, 0.4) is 0 Å². The van der Waals surface area contributed by atoms with Crippen LogP contribution in [0.4, 0.5) is 18.9 Å². The van der Waals surface area contributed by atoms with Crippen LogP contribution in [0.25, 0.3) is 0 Å². The van der Waals surface area contributed by atoms with Gasteiger partial charge in [-0.2, -0.15) is 13.2 Å². The van der Waals surface area contributed by atoms with Gasteiger partial charge in [-0.15, -0.1) is 0 Å². The maximum Gasteiger partial charge on any atom is 0.431 e. The Labute approximate surface area is 96.4 Å². The van der Waals surface area contributed by atoms with Crippen molar-refractivity contribution in [3.63, 3.8) is 0 Å². The van der Waals surface area contributed by atoms with Crippen molar-refractivity contribution in [1.82, 2.24) is 0 Å². The van der Waals surface area contributed by atoms with Gasteiger partial charge in [0.15, 0.2) is 5.78 Å². The monoisotopic (exact) mass is 241 g/mol. The van der Waals surface area contributed by atoms with Crippen LogP contribution in [-0.4, -0.2) is 12.0 Å². The van der Waals surface area contributed by atoms with Crippen molar-refractivity contribution in [2.75, 3.05) is 5.32 Å². The van der Waals surface area contributed by atoms with Crippen molar-refractivity contribution in [2.24, 2.45) is 0 Å². The van der Waals surface area contributed by atoms with Gasteiger partial charge >= 0.3 is 6.18 Å². The lowest BCUT2D eigenvalue weighted by Crippen LogP contribution is -2.20. The lowest BCUT2D eigenvalue weighted by atomic mass is 10.2. The first kappa shape index (κ1) is 13.0. The third-order valence-electron chi connectivity index (χ3n) is 1.85. The maximum atomic E-state index is 12.6. The Morgan fingerprint density at radius 1 is 1.24 bits per heavy atom. The molecular weight excluding hydrogens is 231 g/mol. The van der Waals surface area contributed by atoms with Crippen LogP contribution >= 0.6 is 0 Å². The van der Waals surface area contributed by atoms with E-state index in [9.17, 15) is 18.0 Å². The predicted octanol–water partition coefficient (Wildman–Crippen LogP) is 3.30. The number of alkyl halides is 3. The molecule has 1 N–H and O–H groups in total. The molecule has 0 aliphatic rings. The van der Waals surface area contributed by atoms with Gasteiger partial charge in [-0.25, -0.2) is 0 Å². The summed E-state index contributed by atoms with van der Waals surface area (Å²) >= 11 is 0. The Balaban J connectivity index is 2.97. The second-order valence-electron chi connectivity index (χ2n) is 3.15. The van der Waals surface area contributed by atoms with Crippen LogP contribution in [0.2, 0.25) is 0 Å². The topological polar surface area (TPSA) is 29.1 Å². The minimum absolute atomic E-state index is 0.257. The number of halogens is 3. The van der Waals surface area contributed by atoms with Crippen LogP contribution in [0, 0.1) is 0 Å². The minimum atomic E-state index is -4.62. The van der Waals surface area contributed by atoms with Crippen LogP contribution in [0.5, 0.6) is 0 Å². The van der Waals surface area contributed by atoms with Gasteiger partial charge in [0.25, 0.3) is 0 Å². The second kappa shape index (κ2) is 5.34. The number of nitrogens with one attached hydrogen (secondary N) is 1.